The topological polar surface area (TPSA) is 21.3 Å². The lowest BCUT2D eigenvalue weighted by molar-refractivity contribution is 0.109. The van der Waals surface area contributed by atoms with Gasteiger partial charge in [-0.3, -0.25) is 0 Å². The fourth-order valence-electron chi connectivity index (χ4n) is 0.214. The lowest BCUT2D eigenvalue weighted by Gasteiger charge is -2.10. The molecule has 0 spiro atoms. The molecule has 0 aromatic carbocycles. The van der Waals surface area contributed by atoms with E-state index in [-0.39, 0.29) is 6.54 Å². The Kier molecular flexibility index (Phi) is 0.363. The Labute approximate surface area is 45.9 Å². The molecule has 0 bridgehead atoms. The highest BCUT2D eigenvalue weighted by Crippen LogP contribution is 1.76. The van der Waals surface area contributed by atoms with Crippen molar-refractivity contribution in [3.63, 3.8) is 0 Å². The van der Waals surface area contributed by atoms with Crippen molar-refractivity contribution >= 4 is 0 Å². The highest BCUT2D eigenvalue weighted by molar-refractivity contribution is 4.49. The first kappa shape index (κ1) is 1.01. The molecular formula is C4H9NO. The van der Waals surface area contributed by atoms with Gasteiger partial charge in [0.05, 0.1) is 18.6 Å². The van der Waals surface area contributed by atoms with Crippen molar-refractivity contribution in [3.8, 4) is 0 Å². The lowest BCUT2D eigenvalue weighted by atomic mass is 10.5. The quantitative estimate of drug-likeness (QED) is 0.440. The highest BCUT2D eigenvalue weighted by atomic mass is 16.5. The maximum atomic E-state index is 7.09. The third-order valence-corrected chi connectivity index (χ3v) is 0.423. The van der Waals surface area contributed by atoms with Gasteiger partial charge in [-0.25, -0.2) is 0 Å². The first-order valence-corrected chi connectivity index (χ1v) is 1.62. The van der Waals surface area contributed by atoms with Crippen LogP contribution in [0.5, 0.6) is 0 Å². The van der Waals surface area contributed by atoms with Gasteiger partial charge in [0.1, 0.15) is 0 Å². The molecule has 0 radical (unpaired) electrons. The summed E-state index contributed by atoms with van der Waals surface area (Å²) in [6.45, 7) is -7.51. The van der Waals surface area contributed by atoms with E-state index in [0.29, 0.717) is 0 Å². The normalized spacial score (nSPS) is 64.0. The van der Waals surface area contributed by atoms with Gasteiger partial charge in [0.15, 0.2) is 0 Å². The highest BCUT2D eigenvalue weighted by Gasteiger charge is 1.92. The average Bonchev–Trinajstić information content (AvgIpc) is 1.79. The van der Waals surface area contributed by atoms with E-state index in [1.54, 1.807) is 0 Å². The molecule has 6 heavy (non-hydrogen) atoms. The van der Waals surface area contributed by atoms with Crippen LogP contribution in [0.3, 0.4) is 0 Å². The minimum atomic E-state index is -2.64. The van der Waals surface area contributed by atoms with E-state index in [9.17, 15) is 0 Å². The molecule has 0 unspecified atom stereocenters. The van der Waals surface area contributed by atoms with Gasteiger partial charge in [-0.2, -0.15) is 0 Å². The third-order valence-electron chi connectivity index (χ3n) is 0.423. The van der Waals surface area contributed by atoms with Crippen LogP contribution in [0.15, 0.2) is 0 Å². The summed E-state index contributed by atoms with van der Waals surface area (Å²) in [7, 11) is 0. The van der Waals surface area contributed by atoms with Crippen LogP contribution < -0.4 is 5.32 Å². The molecule has 1 N–H and O–H groups in total. The van der Waals surface area contributed by atoms with E-state index in [1.807, 2.05) is 0 Å². The lowest BCUT2D eigenvalue weighted by Crippen LogP contribution is -2.30. The molecule has 0 saturated carbocycles. The second kappa shape index (κ2) is 2.16. The van der Waals surface area contributed by atoms with Gasteiger partial charge in [-0.1, -0.05) is 0 Å². The molecule has 1 rings (SSSR count). The van der Waals surface area contributed by atoms with Crippen molar-refractivity contribution in [2.75, 3.05) is 26.2 Å². The Morgan fingerprint density at radius 3 is 3.33 bits per heavy atom. The number of ether oxygens (including phenoxy) is 1. The number of hydrogen-bond donors (Lipinski definition) is 1. The smallest absolute Gasteiger partial charge is 0.0591 e. The first-order chi connectivity index (χ1) is 5.16. The van der Waals surface area contributed by atoms with Crippen molar-refractivity contribution in [1.29, 1.82) is 0 Å². The summed E-state index contributed by atoms with van der Waals surface area (Å²) in [4.78, 5) is 0. The summed E-state index contributed by atoms with van der Waals surface area (Å²) >= 11 is 0. The van der Waals surface area contributed by atoms with Gasteiger partial charge in [-0.05, 0) is 0 Å². The van der Waals surface area contributed by atoms with Crippen LogP contribution in [0.1, 0.15) is 8.22 Å². The minimum absolute atomic E-state index is 0.362. The van der Waals surface area contributed by atoms with Crippen LogP contribution in [0.2, 0.25) is 0 Å². The molecule has 1 aliphatic rings. The molecule has 0 aliphatic carbocycles. The molecule has 1 heterocycles. The molecule has 2 heteroatoms. The van der Waals surface area contributed by atoms with Gasteiger partial charge < -0.3 is 10.1 Å². The molecular weight excluding hydrogens is 78.0 g/mol. The van der Waals surface area contributed by atoms with Crippen molar-refractivity contribution in [3.05, 3.63) is 0 Å². The van der Waals surface area contributed by atoms with Crippen LogP contribution >= 0.6 is 0 Å². The molecule has 0 atom stereocenters. The minimum Gasteiger partial charge on any atom is -0.379 e. The number of nitrogens with one attached hydrogen (secondary N) is 1. The van der Waals surface area contributed by atoms with E-state index < -0.39 is 19.6 Å². The zero-order valence-corrected chi connectivity index (χ0v) is 3.12. The van der Waals surface area contributed by atoms with E-state index in [2.05, 4.69) is 10.1 Å². The average molecular weight is 93.2 g/mol. The second-order valence-corrected chi connectivity index (χ2v) is 0.827. The molecule has 1 saturated heterocycles. The molecule has 36 valence electrons. The van der Waals surface area contributed by atoms with E-state index in [0.717, 1.165) is 0 Å². The molecule has 0 aromatic heterocycles. The van der Waals surface area contributed by atoms with Crippen LogP contribution in [0.25, 0.3) is 0 Å². The SMILES string of the molecule is [2H]C1([2H])CNC([2H])([2H])C([2H])([2H])O1. The van der Waals surface area contributed by atoms with E-state index in [4.69, 9.17) is 8.22 Å². The van der Waals surface area contributed by atoms with Crippen LogP contribution in [-0.2, 0) is 4.74 Å². The van der Waals surface area contributed by atoms with E-state index >= 15 is 0 Å². The summed E-state index contributed by atoms with van der Waals surface area (Å²) in [5.74, 6) is 0. The Morgan fingerprint density at radius 2 is 2.67 bits per heavy atom. The Morgan fingerprint density at radius 1 is 1.67 bits per heavy atom. The first-order valence-electron chi connectivity index (χ1n) is 4.62. The van der Waals surface area contributed by atoms with Crippen molar-refractivity contribution in [1.82, 2.24) is 5.32 Å². The predicted octanol–water partition coefficient (Wildman–Crippen LogP) is -0.394. The summed E-state index contributed by atoms with van der Waals surface area (Å²) in [5.41, 5.74) is 0. The molecule has 0 amide bonds. The maximum absolute atomic E-state index is 7.09. The van der Waals surface area contributed by atoms with Crippen molar-refractivity contribution in [2.45, 2.75) is 0 Å². The number of morpholine rings is 1. The van der Waals surface area contributed by atoms with Gasteiger partial charge in [-0.15, -0.1) is 0 Å². The molecule has 0 aromatic rings. The Bertz CT molecular complexity index is 192. The Hall–Kier alpha value is -0.0800. The standard InChI is InChI=1S/C4H9NO/c1-3-6-4-2-5-1/h5H,1-4H2/i1D2,3D2,4D2. The fourth-order valence-corrected chi connectivity index (χ4v) is 0.214. The zero-order chi connectivity index (χ0) is 9.62. The van der Waals surface area contributed by atoms with Gasteiger partial charge in [0.2, 0.25) is 0 Å². The van der Waals surface area contributed by atoms with Gasteiger partial charge in [0.25, 0.3) is 0 Å². The van der Waals surface area contributed by atoms with Crippen LogP contribution in [-0.4, -0.2) is 26.2 Å². The van der Waals surface area contributed by atoms with E-state index in [1.165, 1.54) is 0 Å². The zero-order valence-electron chi connectivity index (χ0n) is 9.12. The predicted molar refractivity (Wildman–Crippen MR) is 23.7 cm³/mol. The van der Waals surface area contributed by atoms with Crippen molar-refractivity contribution in [2.24, 2.45) is 0 Å². The van der Waals surface area contributed by atoms with Crippen molar-refractivity contribution < 1.29 is 13.0 Å². The van der Waals surface area contributed by atoms with Crippen LogP contribution in [0, 0.1) is 0 Å². The largest absolute Gasteiger partial charge is 0.379 e. The molecule has 2 nitrogen and oxygen atoms in total. The van der Waals surface area contributed by atoms with Crippen LogP contribution in [0.4, 0.5) is 0 Å². The van der Waals surface area contributed by atoms with Gasteiger partial charge in [0, 0.05) is 15.8 Å². The molecule has 1 aliphatic heterocycles. The van der Waals surface area contributed by atoms with Gasteiger partial charge >= 0.3 is 0 Å². The summed E-state index contributed by atoms with van der Waals surface area (Å²) in [5, 5.41) is 2.10. The second-order valence-electron chi connectivity index (χ2n) is 0.827. The fraction of sp³-hybridized carbons (Fsp3) is 1.00. The molecule has 1 fully saturated rings. The summed E-state index contributed by atoms with van der Waals surface area (Å²) in [6, 6.07) is 0. The Balaban J connectivity index is 2.82. The number of rotatable bonds is 0. The third kappa shape index (κ3) is 0.954. The maximum Gasteiger partial charge on any atom is 0.0591 e. The number of hydrogen-bond acceptors (Lipinski definition) is 2. The summed E-state index contributed by atoms with van der Waals surface area (Å²) < 4.78 is 46.7. The summed E-state index contributed by atoms with van der Waals surface area (Å²) in [6.07, 6.45) is 0. The monoisotopic (exact) mass is 93.1 g/mol.